The lowest BCUT2D eigenvalue weighted by Gasteiger charge is -1.97. The van der Waals surface area contributed by atoms with Crippen molar-refractivity contribution in [3.05, 3.63) is 31.9 Å². The summed E-state index contributed by atoms with van der Waals surface area (Å²) >= 11 is 5.69. The van der Waals surface area contributed by atoms with Gasteiger partial charge in [-0.1, -0.05) is 11.6 Å². The fourth-order valence-electron chi connectivity index (χ4n) is 1.24. The van der Waals surface area contributed by atoms with Crippen LogP contribution in [-0.2, 0) is 0 Å². The average Bonchev–Trinajstić information content (AvgIpc) is 2.45. The first-order chi connectivity index (χ1) is 7.00. The van der Waals surface area contributed by atoms with Gasteiger partial charge in [0.05, 0.1) is 10.3 Å². The number of benzene rings is 1. The van der Waals surface area contributed by atoms with Crippen molar-refractivity contribution in [2.45, 2.75) is 0 Å². The monoisotopic (exact) mass is 226 g/mol. The minimum atomic E-state index is -0.744. The zero-order chi connectivity index (χ0) is 11.2. The summed E-state index contributed by atoms with van der Waals surface area (Å²) in [7, 11) is 0. The zero-order valence-corrected chi connectivity index (χ0v) is 7.85. The van der Waals surface area contributed by atoms with Crippen LogP contribution >= 0.6 is 11.6 Å². The maximum absolute atomic E-state index is 10.8. The van der Waals surface area contributed by atoms with E-state index in [-0.39, 0.29) is 21.4 Å². The van der Waals surface area contributed by atoms with E-state index in [1.807, 2.05) is 0 Å². The number of urea groups is 1. The van der Waals surface area contributed by atoms with E-state index in [2.05, 4.69) is 9.98 Å². The van der Waals surface area contributed by atoms with Gasteiger partial charge in [0.1, 0.15) is 16.1 Å². The van der Waals surface area contributed by atoms with Crippen molar-refractivity contribution in [3.8, 4) is 0 Å². The second-order valence-corrected chi connectivity index (χ2v) is 3.14. The molecule has 0 radical (unpaired) electrons. The van der Waals surface area contributed by atoms with E-state index >= 15 is 0 Å². The molecule has 7 nitrogen and oxygen atoms in total. The summed E-state index contributed by atoms with van der Waals surface area (Å²) in [4.78, 5) is 27.6. The van der Waals surface area contributed by atoms with E-state index in [1.54, 1.807) is 0 Å². The number of hydrogen-bond donors (Lipinski definition) is 1. The van der Waals surface area contributed by atoms with Crippen molar-refractivity contribution < 1.29 is 9.72 Å². The molecule has 0 saturated heterocycles. The Balaban J connectivity index is 2.94. The molecular formula is C7H3ClN4O3. The van der Waals surface area contributed by atoms with Gasteiger partial charge in [0.2, 0.25) is 0 Å². The first-order valence-corrected chi connectivity index (χ1v) is 4.12. The molecule has 0 atom stereocenters. The van der Waals surface area contributed by atoms with Gasteiger partial charge in [0.25, 0.3) is 0 Å². The topological polar surface area (TPSA) is 111 Å². The number of nitrogens with two attached hydrogens (primary N) is 1. The summed E-state index contributed by atoms with van der Waals surface area (Å²) in [5.41, 5.74) is 4.81. The molecule has 0 fully saturated rings. The van der Waals surface area contributed by atoms with Crippen LogP contribution in [0.1, 0.15) is 0 Å². The van der Waals surface area contributed by atoms with Crippen LogP contribution in [0.3, 0.4) is 0 Å². The molecule has 2 N–H and O–H groups in total. The number of nitrogens with zero attached hydrogens (tertiary/aromatic N) is 3. The second kappa shape index (κ2) is 2.99. The lowest BCUT2D eigenvalue weighted by atomic mass is 10.2. The van der Waals surface area contributed by atoms with Gasteiger partial charge in [-0.25, -0.2) is 4.79 Å². The molecule has 1 aromatic rings. The van der Waals surface area contributed by atoms with Gasteiger partial charge in [-0.05, 0) is 6.07 Å². The fourth-order valence-corrected chi connectivity index (χ4v) is 1.55. The minimum Gasteiger partial charge on any atom is -0.393 e. The summed E-state index contributed by atoms with van der Waals surface area (Å²) in [5.74, 6) is 0. The van der Waals surface area contributed by atoms with Crippen LogP contribution in [0.5, 0.6) is 0 Å². The lowest BCUT2D eigenvalue weighted by molar-refractivity contribution is -0.383. The van der Waals surface area contributed by atoms with Crippen LogP contribution in [0.15, 0.2) is 16.1 Å². The Labute approximate surface area is 87.0 Å². The Morgan fingerprint density at radius 2 is 2.13 bits per heavy atom. The number of nitro benzene ring substituents is 1. The number of rotatable bonds is 1. The zero-order valence-electron chi connectivity index (χ0n) is 7.10. The Bertz CT molecular complexity index is 610. The maximum atomic E-state index is 10.8. The molecule has 2 rings (SSSR count). The van der Waals surface area contributed by atoms with E-state index in [4.69, 9.17) is 17.3 Å². The molecule has 15 heavy (non-hydrogen) atoms. The third-order valence-electron chi connectivity index (χ3n) is 1.83. The quantitative estimate of drug-likeness (QED) is 0.419. The Morgan fingerprint density at radius 1 is 1.47 bits per heavy atom. The predicted octanol–water partition coefficient (Wildman–Crippen LogP) is 0.203. The molecule has 0 unspecified atom stereocenters. The van der Waals surface area contributed by atoms with Gasteiger partial charge >= 0.3 is 11.7 Å². The molecule has 0 bridgehead atoms. The first kappa shape index (κ1) is 9.53. The number of carbonyl (C=O) groups is 1. The normalized spacial score (nSPS) is 13.0. The molecule has 1 aliphatic heterocycles. The SMILES string of the molecule is Nc1cc2c(c(Cl)c1[N+](=O)[O-])=NC(=O)N=2. The lowest BCUT2D eigenvalue weighted by Crippen LogP contribution is -2.24. The second-order valence-electron chi connectivity index (χ2n) is 2.76. The number of anilines is 1. The number of carbonyl (C=O) groups excluding carboxylic acids is 1. The first-order valence-electron chi connectivity index (χ1n) is 3.74. The maximum Gasteiger partial charge on any atom is 0.368 e. The highest BCUT2D eigenvalue weighted by Gasteiger charge is 2.22. The third kappa shape index (κ3) is 1.33. The van der Waals surface area contributed by atoms with Crippen LogP contribution in [0.25, 0.3) is 0 Å². The van der Waals surface area contributed by atoms with Crippen molar-refractivity contribution in [1.82, 2.24) is 0 Å². The molecule has 1 aliphatic rings. The number of fused-ring (bicyclic) bond motifs is 1. The van der Waals surface area contributed by atoms with E-state index in [0.717, 1.165) is 0 Å². The summed E-state index contributed by atoms with van der Waals surface area (Å²) in [6, 6.07) is 0.458. The summed E-state index contributed by atoms with van der Waals surface area (Å²) in [6.45, 7) is 0. The minimum absolute atomic E-state index is 0.00238. The van der Waals surface area contributed by atoms with Crippen LogP contribution in [-0.4, -0.2) is 11.0 Å². The molecule has 0 spiro atoms. The average molecular weight is 227 g/mol. The number of nitrogen functional groups attached to an aromatic ring is 1. The van der Waals surface area contributed by atoms with E-state index in [9.17, 15) is 14.9 Å². The highest BCUT2D eigenvalue weighted by atomic mass is 35.5. The van der Waals surface area contributed by atoms with Crippen LogP contribution in [0, 0.1) is 10.1 Å². The number of hydrogen-bond acceptors (Lipinski definition) is 4. The fraction of sp³-hybridized carbons (Fsp3) is 0. The summed E-state index contributed by atoms with van der Waals surface area (Å²) in [6.07, 6.45) is 0. The van der Waals surface area contributed by atoms with Crippen molar-refractivity contribution in [1.29, 1.82) is 0 Å². The van der Waals surface area contributed by atoms with E-state index in [1.165, 1.54) is 6.07 Å². The molecular weight excluding hydrogens is 224 g/mol. The van der Waals surface area contributed by atoms with Gasteiger partial charge < -0.3 is 5.73 Å². The van der Waals surface area contributed by atoms with E-state index in [0.29, 0.717) is 0 Å². The van der Waals surface area contributed by atoms with E-state index < -0.39 is 16.6 Å². The van der Waals surface area contributed by atoms with Crippen molar-refractivity contribution in [2.24, 2.45) is 9.98 Å². The molecule has 2 amide bonds. The van der Waals surface area contributed by atoms with Crippen LogP contribution < -0.4 is 16.4 Å². The number of nitro groups is 1. The molecule has 1 aromatic carbocycles. The predicted molar refractivity (Wildman–Crippen MR) is 50.2 cm³/mol. The third-order valence-corrected chi connectivity index (χ3v) is 2.19. The largest absolute Gasteiger partial charge is 0.393 e. The number of halogens is 1. The van der Waals surface area contributed by atoms with Crippen molar-refractivity contribution >= 4 is 29.0 Å². The molecule has 0 saturated carbocycles. The van der Waals surface area contributed by atoms with Crippen molar-refractivity contribution in [2.75, 3.05) is 5.73 Å². The highest BCUT2D eigenvalue weighted by molar-refractivity contribution is 6.33. The summed E-state index contributed by atoms with van der Waals surface area (Å²) in [5, 5.41) is 10.5. The molecule has 76 valence electrons. The van der Waals surface area contributed by atoms with Gasteiger partial charge in [-0.2, -0.15) is 9.98 Å². The molecule has 0 aromatic heterocycles. The Hall–Kier alpha value is -2.02. The van der Waals surface area contributed by atoms with Crippen LogP contribution in [0.2, 0.25) is 5.02 Å². The van der Waals surface area contributed by atoms with Gasteiger partial charge in [0.15, 0.2) is 0 Å². The standard InChI is InChI=1S/C7H3ClN4O3/c8-4-5-3(10-7(13)11-5)1-2(9)6(4)12(14)15/h1H,9H2. The Morgan fingerprint density at radius 3 is 2.73 bits per heavy atom. The Kier molecular flexibility index (Phi) is 1.90. The highest BCUT2D eigenvalue weighted by Crippen LogP contribution is 2.25. The van der Waals surface area contributed by atoms with Gasteiger partial charge in [-0.3, -0.25) is 10.1 Å². The molecule has 8 heteroatoms. The smallest absolute Gasteiger partial charge is 0.368 e. The van der Waals surface area contributed by atoms with Gasteiger partial charge in [-0.15, -0.1) is 0 Å². The molecule has 0 aliphatic carbocycles. The summed E-state index contributed by atoms with van der Waals surface area (Å²) < 4.78 is 0. The van der Waals surface area contributed by atoms with Crippen LogP contribution in [0.4, 0.5) is 16.2 Å². The number of amides is 2. The molecule has 1 heterocycles. The van der Waals surface area contributed by atoms with Crippen molar-refractivity contribution in [3.63, 3.8) is 0 Å². The van der Waals surface area contributed by atoms with Gasteiger partial charge in [0, 0.05) is 0 Å².